The molecule has 13 heavy (non-hydrogen) atoms. The third kappa shape index (κ3) is 1.93. The Labute approximate surface area is 86.4 Å². The molecule has 0 aromatic heterocycles. The van der Waals surface area contributed by atoms with Gasteiger partial charge in [0.25, 0.3) is 0 Å². The molecule has 0 radical (unpaired) electrons. The molecule has 1 aliphatic rings. The lowest BCUT2D eigenvalue weighted by molar-refractivity contribution is 0.106. The second kappa shape index (κ2) is 4.22. The third-order valence-corrected chi connectivity index (χ3v) is 2.97. The summed E-state index contributed by atoms with van der Waals surface area (Å²) in [6.45, 7) is 0.649. The van der Waals surface area contributed by atoms with Gasteiger partial charge in [-0.2, -0.15) is 0 Å². The summed E-state index contributed by atoms with van der Waals surface area (Å²) < 4.78 is 5.60. The van der Waals surface area contributed by atoms with Crippen molar-refractivity contribution < 1.29 is 4.74 Å². The molecular formula is C10H12BrNO. The van der Waals surface area contributed by atoms with Gasteiger partial charge >= 0.3 is 0 Å². The summed E-state index contributed by atoms with van der Waals surface area (Å²) in [7, 11) is 0. The van der Waals surface area contributed by atoms with Gasteiger partial charge in [0.15, 0.2) is 0 Å². The molecule has 1 fully saturated rings. The van der Waals surface area contributed by atoms with Gasteiger partial charge in [0.05, 0.1) is 6.73 Å². The van der Waals surface area contributed by atoms with Gasteiger partial charge in [-0.25, -0.2) is 0 Å². The van der Waals surface area contributed by atoms with Crippen LogP contribution in [0.15, 0.2) is 30.3 Å². The average Bonchev–Trinajstić information content (AvgIpc) is 2.67. The van der Waals surface area contributed by atoms with Gasteiger partial charge in [-0.3, -0.25) is 5.32 Å². The fraction of sp³-hybridized carbons (Fsp3) is 0.400. The SMILES string of the molecule is BrCC1NCOC1c1ccccc1. The molecule has 2 nitrogen and oxygen atoms in total. The normalized spacial score (nSPS) is 27.8. The van der Waals surface area contributed by atoms with Crippen molar-refractivity contribution in [1.82, 2.24) is 5.32 Å². The number of alkyl halides is 1. The minimum atomic E-state index is 0.195. The van der Waals surface area contributed by atoms with E-state index in [0.29, 0.717) is 12.8 Å². The maximum absolute atomic E-state index is 5.60. The van der Waals surface area contributed by atoms with Crippen molar-refractivity contribution in [3.8, 4) is 0 Å². The lowest BCUT2D eigenvalue weighted by atomic mass is 10.0. The van der Waals surface area contributed by atoms with Crippen molar-refractivity contribution in [2.45, 2.75) is 12.1 Å². The van der Waals surface area contributed by atoms with Gasteiger partial charge in [-0.1, -0.05) is 46.3 Å². The van der Waals surface area contributed by atoms with Crippen LogP contribution < -0.4 is 5.32 Å². The number of hydrogen-bond acceptors (Lipinski definition) is 2. The van der Waals surface area contributed by atoms with Crippen molar-refractivity contribution >= 4 is 15.9 Å². The predicted octanol–water partition coefficient (Wildman–Crippen LogP) is 2.07. The molecule has 2 unspecified atom stereocenters. The number of ether oxygens (including phenoxy) is 1. The van der Waals surface area contributed by atoms with Crippen molar-refractivity contribution in [3.63, 3.8) is 0 Å². The minimum Gasteiger partial charge on any atom is -0.357 e. The highest BCUT2D eigenvalue weighted by molar-refractivity contribution is 9.09. The van der Waals surface area contributed by atoms with Crippen LogP contribution in [0.4, 0.5) is 0 Å². The van der Waals surface area contributed by atoms with E-state index in [0.717, 1.165) is 5.33 Å². The molecule has 0 aliphatic carbocycles. The quantitative estimate of drug-likeness (QED) is 0.801. The number of nitrogens with one attached hydrogen (secondary N) is 1. The molecule has 1 heterocycles. The molecule has 1 aromatic carbocycles. The maximum Gasteiger partial charge on any atom is 0.100 e. The molecule has 0 amide bonds. The van der Waals surface area contributed by atoms with E-state index in [2.05, 4.69) is 33.4 Å². The molecule has 0 spiro atoms. The number of hydrogen-bond donors (Lipinski definition) is 1. The standard InChI is InChI=1S/C10H12BrNO/c11-6-9-10(13-7-12-9)8-4-2-1-3-5-8/h1-5,9-10,12H,6-7H2. The Morgan fingerprint density at radius 2 is 2.15 bits per heavy atom. The van der Waals surface area contributed by atoms with Crippen molar-refractivity contribution in [2.24, 2.45) is 0 Å². The van der Waals surface area contributed by atoms with Crippen molar-refractivity contribution in [2.75, 3.05) is 12.1 Å². The first-order chi connectivity index (χ1) is 6.42. The number of benzene rings is 1. The summed E-state index contributed by atoms with van der Waals surface area (Å²) in [6, 6.07) is 10.7. The van der Waals surface area contributed by atoms with Crippen LogP contribution in [0.1, 0.15) is 11.7 Å². The van der Waals surface area contributed by atoms with E-state index < -0.39 is 0 Å². The fourth-order valence-electron chi connectivity index (χ4n) is 1.57. The summed E-state index contributed by atoms with van der Waals surface area (Å²) >= 11 is 3.47. The van der Waals surface area contributed by atoms with Crippen molar-refractivity contribution in [1.29, 1.82) is 0 Å². The Morgan fingerprint density at radius 1 is 1.38 bits per heavy atom. The highest BCUT2D eigenvalue weighted by Crippen LogP contribution is 2.25. The van der Waals surface area contributed by atoms with Gasteiger partial charge in [-0.15, -0.1) is 0 Å². The summed E-state index contributed by atoms with van der Waals surface area (Å²) in [4.78, 5) is 0. The molecule has 1 aromatic rings. The van der Waals surface area contributed by atoms with Gasteiger partial charge in [0, 0.05) is 11.4 Å². The van der Waals surface area contributed by atoms with Crippen LogP contribution in [0.2, 0.25) is 0 Å². The first-order valence-corrected chi connectivity index (χ1v) is 5.50. The predicted molar refractivity (Wildman–Crippen MR) is 55.9 cm³/mol. The molecule has 1 saturated heterocycles. The average molecular weight is 242 g/mol. The number of halogens is 1. The van der Waals surface area contributed by atoms with Crippen LogP contribution in [0.3, 0.4) is 0 Å². The molecule has 2 atom stereocenters. The molecule has 70 valence electrons. The molecular weight excluding hydrogens is 230 g/mol. The number of rotatable bonds is 2. The Balaban J connectivity index is 2.16. The van der Waals surface area contributed by atoms with E-state index >= 15 is 0 Å². The molecule has 0 saturated carbocycles. The highest BCUT2D eigenvalue weighted by atomic mass is 79.9. The topological polar surface area (TPSA) is 21.3 Å². The fourth-order valence-corrected chi connectivity index (χ4v) is 2.14. The molecule has 1 aliphatic heterocycles. The second-order valence-electron chi connectivity index (χ2n) is 3.11. The smallest absolute Gasteiger partial charge is 0.100 e. The maximum atomic E-state index is 5.60. The molecule has 3 heteroatoms. The zero-order valence-electron chi connectivity index (χ0n) is 7.24. The lowest BCUT2D eigenvalue weighted by Crippen LogP contribution is -2.27. The Bertz CT molecular complexity index is 265. The Morgan fingerprint density at radius 3 is 2.85 bits per heavy atom. The van der Waals surface area contributed by atoms with Crippen LogP contribution in [0.5, 0.6) is 0 Å². The first kappa shape index (κ1) is 9.19. The van der Waals surface area contributed by atoms with E-state index in [1.807, 2.05) is 18.2 Å². The second-order valence-corrected chi connectivity index (χ2v) is 3.75. The summed E-state index contributed by atoms with van der Waals surface area (Å²) in [5.74, 6) is 0. The third-order valence-electron chi connectivity index (χ3n) is 2.27. The van der Waals surface area contributed by atoms with Gasteiger partial charge in [0.1, 0.15) is 6.10 Å². The minimum absolute atomic E-state index is 0.195. The van der Waals surface area contributed by atoms with E-state index in [9.17, 15) is 0 Å². The zero-order chi connectivity index (χ0) is 9.10. The molecule has 1 N–H and O–H groups in total. The molecule has 2 rings (SSSR count). The van der Waals surface area contributed by atoms with Crippen LogP contribution in [0.25, 0.3) is 0 Å². The summed E-state index contributed by atoms with van der Waals surface area (Å²) in [5.41, 5.74) is 1.25. The van der Waals surface area contributed by atoms with Gasteiger partial charge in [0.2, 0.25) is 0 Å². The van der Waals surface area contributed by atoms with E-state index in [1.165, 1.54) is 5.56 Å². The van der Waals surface area contributed by atoms with Crippen LogP contribution in [-0.2, 0) is 4.74 Å². The van der Waals surface area contributed by atoms with Crippen molar-refractivity contribution in [3.05, 3.63) is 35.9 Å². The lowest BCUT2D eigenvalue weighted by Gasteiger charge is -2.15. The summed E-state index contributed by atoms with van der Waals surface area (Å²) in [5, 5.41) is 4.21. The highest BCUT2D eigenvalue weighted by Gasteiger charge is 2.27. The zero-order valence-corrected chi connectivity index (χ0v) is 8.83. The first-order valence-electron chi connectivity index (χ1n) is 4.37. The van der Waals surface area contributed by atoms with Gasteiger partial charge in [-0.05, 0) is 5.56 Å². The molecule has 0 bridgehead atoms. The summed E-state index contributed by atoms with van der Waals surface area (Å²) in [6.07, 6.45) is 0.195. The van der Waals surface area contributed by atoms with Crippen LogP contribution in [-0.4, -0.2) is 18.1 Å². The Kier molecular flexibility index (Phi) is 2.98. The monoisotopic (exact) mass is 241 g/mol. The largest absolute Gasteiger partial charge is 0.357 e. The van der Waals surface area contributed by atoms with Gasteiger partial charge < -0.3 is 4.74 Å². The van der Waals surface area contributed by atoms with Crippen LogP contribution >= 0.6 is 15.9 Å². The van der Waals surface area contributed by atoms with E-state index in [1.54, 1.807) is 0 Å². The van der Waals surface area contributed by atoms with E-state index in [4.69, 9.17) is 4.74 Å². The van der Waals surface area contributed by atoms with Crippen LogP contribution in [0, 0.1) is 0 Å². The van der Waals surface area contributed by atoms with E-state index in [-0.39, 0.29) is 6.10 Å². The Hall–Kier alpha value is -0.380.